The van der Waals surface area contributed by atoms with E-state index in [9.17, 15) is 8.42 Å². The number of para-hydroxylation sites is 1. The fourth-order valence-corrected chi connectivity index (χ4v) is 5.99. The second kappa shape index (κ2) is 9.06. The molecular weight excluding hydrogens is 456 g/mol. The van der Waals surface area contributed by atoms with Crippen LogP contribution in [0.1, 0.15) is 43.0 Å². The standard InChI is InChI=1S/C28H30N4O2S/c1-28(2,3)23-10-8-20(9-11-23)19-35(33,34)32-15-13-25-22(18-32)12-14-29-27(25)31-24-16-21-6-4-5-7-26(21)30-17-24/h4-12,14,16-17H,13,15,18-19H2,1-3H3,(H,29,31). The third kappa shape index (κ3) is 5.06. The minimum Gasteiger partial charge on any atom is -0.339 e. The minimum atomic E-state index is -3.44. The van der Waals surface area contributed by atoms with Crippen LogP contribution in [-0.2, 0) is 34.2 Å². The lowest BCUT2D eigenvalue weighted by Crippen LogP contribution is -2.37. The van der Waals surface area contributed by atoms with Crippen molar-refractivity contribution in [2.75, 3.05) is 11.9 Å². The van der Waals surface area contributed by atoms with Crippen LogP contribution in [-0.4, -0.2) is 29.2 Å². The Kier molecular flexibility index (Phi) is 6.07. The molecule has 2 aromatic heterocycles. The Morgan fingerprint density at radius 2 is 1.77 bits per heavy atom. The molecule has 0 bridgehead atoms. The molecule has 0 unspecified atom stereocenters. The van der Waals surface area contributed by atoms with Crippen LogP contribution < -0.4 is 5.32 Å². The van der Waals surface area contributed by atoms with Crippen molar-refractivity contribution in [3.63, 3.8) is 0 Å². The van der Waals surface area contributed by atoms with Gasteiger partial charge < -0.3 is 5.32 Å². The normalized spacial score (nSPS) is 14.6. The molecule has 3 heterocycles. The zero-order chi connectivity index (χ0) is 24.6. The van der Waals surface area contributed by atoms with Gasteiger partial charge in [0.1, 0.15) is 5.82 Å². The Morgan fingerprint density at radius 3 is 2.54 bits per heavy atom. The number of rotatable bonds is 5. The molecule has 180 valence electrons. The van der Waals surface area contributed by atoms with Gasteiger partial charge in [0.05, 0.1) is 23.2 Å². The molecule has 0 atom stereocenters. The monoisotopic (exact) mass is 486 g/mol. The van der Waals surface area contributed by atoms with Gasteiger partial charge in [0.2, 0.25) is 10.0 Å². The van der Waals surface area contributed by atoms with Gasteiger partial charge in [0, 0.05) is 30.2 Å². The van der Waals surface area contributed by atoms with Crippen molar-refractivity contribution in [3.8, 4) is 0 Å². The molecule has 0 saturated carbocycles. The van der Waals surface area contributed by atoms with Crippen LogP contribution in [0.2, 0.25) is 0 Å². The number of benzene rings is 2. The van der Waals surface area contributed by atoms with Crippen molar-refractivity contribution in [1.29, 1.82) is 0 Å². The summed E-state index contributed by atoms with van der Waals surface area (Å²) in [4.78, 5) is 9.06. The van der Waals surface area contributed by atoms with Crippen molar-refractivity contribution in [1.82, 2.24) is 14.3 Å². The molecule has 0 aliphatic carbocycles. The summed E-state index contributed by atoms with van der Waals surface area (Å²) in [5, 5.41) is 4.44. The SMILES string of the molecule is CC(C)(C)c1ccc(CS(=O)(=O)N2CCc3c(ccnc3Nc3cnc4ccccc4c3)C2)cc1. The Bertz CT molecular complexity index is 1480. The number of aromatic nitrogens is 2. The summed E-state index contributed by atoms with van der Waals surface area (Å²) in [6, 6.07) is 19.9. The van der Waals surface area contributed by atoms with E-state index in [-0.39, 0.29) is 11.2 Å². The van der Waals surface area contributed by atoms with Crippen LogP contribution in [0, 0.1) is 0 Å². The molecule has 0 spiro atoms. The van der Waals surface area contributed by atoms with Crippen LogP contribution in [0.15, 0.2) is 73.1 Å². The predicted molar refractivity (Wildman–Crippen MR) is 141 cm³/mol. The molecule has 1 aliphatic rings. The van der Waals surface area contributed by atoms with Gasteiger partial charge in [0.15, 0.2) is 0 Å². The van der Waals surface area contributed by atoms with E-state index in [2.05, 4.69) is 36.1 Å². The average Bonchev–Trinajstić information content (AvgIpc) is 2.83. The first-order valence-electron chi connectivity index (χ1n) is 11.8. The Labute approximate surface area is 207 Å². The highest BCUT2D eigenvalue weighted by atomic mass is 32.2. The van der Waals surface area contributed by atoms with Gasteiger partial charge in [-0.15, -0.1) is 0 Å². The van der Waals surface area contributed by atoms with Crippen molar-refractivity contribution in [2.24, 2.45) is 0 Å². The summed E-state index contributed by atoms with van der Waals surface area (Å²) in [5.74, 6) is 0.764. The van der Waals surface area contributed by atoms with Crippen molar-refractivity contribution in [3.05, 3.63) is 95.3 Å². The number of hydrogen-bond acceptors (Lipinski definition) is 5. The molecule has 0 saturated heterocycles. The molecular formula is C28H30N4O2S. The Hall–Kier alpha value is -3.29. The molecule has 0 fully saturated rings. The van der Waals surface area contributed by atoms with Crippen LogP contribution in [0.3, 0.4) is 0 Å². The van der Waals surface area contributed by atoms with E-state index < -0.39 is 10.0 Å². The quantitative estimate of drug-likeness (QED) is 0.400. The summed E-state index contributed by atoms with van der Waals surface area (Å²) in [5.41, 5.74) is 5.88. The fourth-order valence-electron chi connectivity index (χ4n) is 4.49. The molecule has 1 aliphatic heterocycles. The highest BCUT2D eigenvalue weighted by Gasteiger charge is 2.28. The lowest BCUT2D eigenvalue weighted by Gasteiger charge is -2.29. The number of hydrogen-bond donors (Lipinski definition) is 1. The summed E-state index contributed by atoms with van der Waals surface area (Å²) in [7, 11) is -3.44. The highest BCUT2D eigenvalue weighted by Crippen LogP contribution is 2.30. The second-order valence-electron chi connectivity index (χ2n) is 10.1. The van der Waals surface area contributed by atoms with Crippen LogP contribution in [0.5, 0.6) is 0 Å². The first-order valence-corrected chi connectivity index (χ1v) is 13.5. The second-order valence-corrected chi connectivity index (χ2v) is 12.1. The maximum absolute atomic E-state index is 13.2. The Morgan fingerprint density at radius 1 is 1.00 bits per heavy atom. The molecule has 6 nitrogen and oxygen atoms in total. The average molecular weight is 487 g/mol. The third-order valence-corrected chi connectivity index (χ3v) is 8.32. The van der Waals surface area contributed by atoms with Crippen molar-refractivity contribution < 1.29 is 8.42 Å². The molecule has 0 radical (unpaired) electrons. The number of fused-ring (bicyclic) bond motifs is 2. The number of nitrogens with zero attached hydrogens (tertiary/aromatic N) is 3. The van der Waals surface area contributed by atoms with Crippen molar-refractivity contribution in [2.45, 2.75) is 44.9 Å². The van der Waals surface area contributed by atoms with Gasteiger partial charge in [-0.25, -0.2) is 13.4 Å². The summed E-state index contributed by atoms with van der Waals surface area (Å²) in [6.07, 6.45) is 4.14. The molecule has 2 aromatic carbocycles. The number of pyridine rings is 2. The van der Waals surface area contributed by atoms with Crippen LogP contribution >= 0.6 is 0 Å². The van der Waals surface area contributed by atoms with E-state index in [1.807, 2.05) is 60.7 Å². The maximum atomic E-state index is 13.2. The molecule has 0 amide bonds. The van der Waals surface area contributed by atoms with E-state index >= 15 is 0 Å². The molecule has 35 heavy (non-hydrogen) atoms. The largest absolute Gasteiger partial charge is 0.339 e. The maximum Gasteiger partial charge on any atom is 0.218 e. The van der Waals surface area contributed by atoms with E-state index in [1.165, 1.54) is 5.56 Å². The zero-order valence-electron chi connectivity index (χ0n) is 20.3. The molecule has 5 rings (SSSR count). The van der Waals surface area contributed by atoms with Gasteiger partial charge >= 0.3 is 0 Å². The number of anilines is 2. The number of nitrogens with one attached hydrogen (secondary N) is 1. The van der Waals surface area contributed by atoms with Crippen molar-refractivity contribution >= 4 is 32.4 Å². The van der Waals surface area contributed by atoms with E-state index in [1.54, 1.807) is 16.7 Å². The molecule has 7 heteroatoms. The minimum absolute atomic E-state index is 0.00566. The molecule has 1 N–H and O–H groups in total. The van der Waals surface area contributed by atoms with E-state index in [0.717, 1.165) is 39.1 Å². The van der Waals surface area contributed by atoms with Crippen LogP contribution in [0.25, 0.3) is 10.9 Å². The zero-order valence-corrected chi connectivity index (χ0v) is 21.1. The topological polar surface area (TPSA) is 75.2 Å². The first kappa shape index (κ1) is 23.5. The van der Waals surface area contributed by atoms with Gasteiger partial charge in [-0.3, -0.25) is 4.98 Å². The lowest BCUT2D eigenvalue weighted by atomic mass is 9.87. The summed E-state index contributed by atoms with van der Waals surface area (Å²) < 4.78 is 28.1. The highest BCUT2D eigenvalue weighted by molar-refractivity contribution is 7.88. The summed E-state index contributed by atoms with van der Waals surface area (Å²) in [6.45, 7) is 7.24. The van der Waals surface area contributed by atoms with Gasteiger partial charge in [0.25, 0.3) is 0 Å². The summed E-state index contributed by atoms with van der Waals surface area (Å²) >= 11 is 0. The Balaban J connectivity index is 1.33. The van der Waals surface area contributed by atoms with Crippen LogP contribution in [0.4, 0.5) is 11.5 Å². The number of sulfonamides is 1. The van der Waals surface area contributed by atoms with Gasteiger partial charge in [-0.05, 0) is 46.7 Å². The third-order valence-electron chi connectivity index (χ3n) is 6.53. The fraction of sp³-hybridized carbons (Fsp3) is 0.286. The first-order chi connectivity index (χ1) is 16.7. The smallest absolute Gasteiger partial charge is 0.218 e. The molecule has 4 aromatic rings. The van der Waals surface area contributed by atoms with Gasteiger partial charge in [-0.1, -0.05) is 63.2 Å². The van der Waals surface area contributed by atoms with E-state index in [4.69, 9.17) is 0 Å². The predicted octanol–water partition coefficient (Wildman–Crippen LogP) is 5.56. The van der Waals surface area contributed by atoms with Gasteiger partial charge in [-0.2, -0.15) is 4.31 Å². The van der Waals surface area contributed by atoms with E-state index in [0.29, 0.717) is 19.5 Å². The lowest BCUT2D eigenvalue weighted by molar-refractivity contribution is 0.390.